The second-order valence-electron chi connectivity index (χ2n) is 14.0. The molecule has 0 spiro atoms. The summed E-state index contributed by atoms with van der Waals surface area (Å²) in [6, 6.07) is 6.75. The zero-order chi connectivity index (χ0) is 45.8. The molecule has 24 heteroatoms. The molecule has 1 aliphatic rings. The third-order valence-electron chi connectivity index (χ3n) is 9.30. The number of nitrogens with zero attached hydrogens (tertiary/aromatic N) is 8. The third-order valence-corrected chi connectivity index (χ3v) is 11.5. The number of aromatic nitrogens is 4. The molecule has 64 heavy (non-hydrogen) atoms. The van der Waals surface area contributed by atoms with Crippen molar-refractivity contribution >= 4 is 52.4 Å². The van der Waals surface area contributed by atoms with Crippen molar-refractivity contribution in [2.24, 2.45) is 15.9 Å². The predicted molar refractivity (Wildman–Crippen MR) is 236 cm³/mol. The number of nitrogens with one attached hydrogen (secondary N) is 3. The summed E-state index contributed by atoms with van der Waals surface area (Å²) in [6.07, 6.45) is 1.69. The number of anilines is 1. The monoisotopic (exact) mass is 913 g/mol. The molecule has 3 aromatic rings. The smallest absolute Gasteiger partial charge is 0.294 e. The first-order chi connectivity index (χ1) is 31.2. The minimum absolute atomic E-state index is 0.106. The van der Waals surface area contributed by atoms with Crippen LogP contribution in [0.15, 0.2) is 47.1 Å². The van der Waals surface area contributed by atoms with Crippen LogP contribution < -0.4 is 21.8 Å². The summed E-state index contributed by atoms with van der Waals surface area (Å²) in [7, 11) is -0.461. The molecule has 6 atom stereocenters. The summed E-state index contributed by atoms with van der Waals surface area (Å²) < 4.78 is 28.7. The minimum atomic E-state index is -1.28. The quantitative estimate of drug-likeness (QED) is 0.00431. The standard InChI is InChI=1S/C40H56N12O11S/c41-32(62-28-54)11-23-64(25-31-35(56)36(57)40(63-31)52-27-47-34-37(43-12-15-53)45-26-46-38(34)52)22-5-3-1-2-4-6-33(55)50-49-24-29-7-9-30(10-8-29)39(58)44-13-16-59-18-20-61-21-19-60-17-14-48-51-42/h7-10,24,26-28,31-32,35-36,40,53,56-57H,1-2,4,6,11-23,25,41H2,(H2-,43,44,45,46,50,55,58)/p+1/t31-,32-,35?,36+,40-,64?/m1/s1. The SMILES string of the molecule is [N-]=[N+]=NCCOCCOCCOCCNC(=O)c1ccc(/C=N\NC(=O)CCCCC#CC[S+](CC[C@H](N)OC=O)C[C@H]2O[C@@H](n3cnc4c(NCCO)ncnc43)[C@@H](O)C2O)cc1. The van der Waals surface area contributed by atoms with Crippen molar-refractivity contribution in [3.8, 4) is 11.8 Å². The molecule has 8 N–H and O–H groups in total. The van der Waals surface area contributed by atoms with Gasteiger partial charge >= 0.3 is 0 Å². The fraction of sp³-hybridized carbons (Fsp3) is 0.575. The zero-order valence-corrected chi connectivity index (χ0v) is 36.2. The molecule has 1 aromatic carbocycles. The van der Waals surface area contributed by atoms with Gasteiger partial charge in [-0.3, -0.25) is 24.7 Å². The lowest BCUT2D eigenvalue weighted by Gasteiger charge is -2.17. The maximum Gasteiger partial charge on any atom is 0.294 e. The number of nitrogens with two attached hydrogens (primary N) is 1. The molecule has 23 nitrogen and oxygen atoms in total. The van der Waals surface area contributed by atoms with Gasteiger partial charge in [-0.15, -0.1) is 0 Å². The predicted octanol–water partition coefficient (Wildman–Crippen LogP) is 0.120. The normalized spacial score (nSPS) is 17.9. The van der Waals surface area contributed by atoms with Crippen molar-refractivity contribution < 1.29 is 53.4 Å². The van der Waals surface area contributed by atoms with E-state index in [9.17, 15) is 29.7 Å². The van der Waals surface area contributed by atoms with E-state index in [1.165, 1.54) is 23.4 Å². The molecule has 2 amide bonds. The minimum Gasteiger partial charge on any atom is -0.449 e. The fourth-order valence-corrected chi connectivity index (χ4v) is 8.07. The molecule has 1 aliphatic heterocycles. The van der Waals surface area contributed by atoms with E-state index in [1.54, 1.807) is 24.3 Å². The lowest BCUT2D eigenvalue weighted by molar-refractivity contribution is -0.133. The number of fused-ring (bicyclic) bond motifs is 1. The molecule has 4 rings (SSSR count). The average Bonchev–Trinajstić information content (AvgIpc) is 3.85. The van der Waals surface area contributed by atoms with Crippen LogP contribution in [-0.2, 0) is 44.2 Å². The van der Waals surface area contributed by atoms with Crippen LogP contribution in [-0.4, -0.2) is 167 Å². The number of rotatable bonds is 31. The second kappa shape index (κ2) is 29.8. The topological polar surface area (TPSA) is 325 Å². The number of imidazole rings is 1. The number of aliphatic hydroxyl groups excluding tert-OH is 3. The Balaban J connectivity index is 1.12. The van der Waals surface area contributed by atoms with E-state index in [2.05, 4.69) is 58.0 Å². The van der Waals surface area contributed by atoms with Gasteiger partial charge in [-0.25, -0.2) is 20.4 Å². The van der Waals surface area contributed by atoms with Crippen molar-refractivity contribution in [1.82, 2.24) is 30.3 Å². The van der Waals surface area contributed by atoms with Gasteiger partial charge in [0.1, 0.15) is 36.1 Å². The van der Waals surface area contributed by atoms with Gasteiger partial charge in [0, 0.05) is 60.3 Å². The van der Waals surface area contributed by atoms with Crippen molar-refractivity contribution in [2.75, 3.05) is 88.5 Å². The van der Waals surface area contributed by atoms with E-state index < -0.39 is 41.7 Å². The van der Waals surface area contributed by atoms with E-state index in [1.807, 2.05) is 0 Å². The Kier molecular flexibility index (Phi) is 23.9. The highest BCUT2D eigenvalue weighted by molar-refractivity contribution is 7.97. The molecule has 0 radical (unpaired) electrons. The van der Waals surface area contributed by atoms with Crippen molar-refractivity contribution in [3.05, 3.63) is 58.5 Å². The number of azide groups is 1. The van der Waals surface area contributed by atoms with Crippen molar-refractivity contribution in [3.63, 3.8) is 0 Å². The van der Waals surface area contributed by atoms with E-state index in [0.29, 0.717) is 124 Å². The van der Waals surface area contributed by atoms with E-state index >= 15 is 0 Å². The summed E-state index contributed by atoms with van der Waals surface area (Å²) in [6.45, 7) is 3.26. The zero-order valence-electron chi connectivity index (χ0n) is 35.4. The molecule has 0 aliphatic carbocycles. The van der Waals surface area contributed by atoms with E-state index in [-0.39, 0.29) is 37.9 Å². The number of unbranched alkanes of at least 4 members (excludes halogenated alkanes) is 2. The van der Waals surface area contributed by atoms with E-state index in [0.717, 1.165) is 0 Å². The Morgan fingerprint density at radius 3 is 2.55 bits per heavy atom. The summed E-state index contributed by atoms with van der Waals surface area (Å²) in [5.41, 5.74) is 18.6. The number of ether oxygens (including phenoxy) is 5. The van der Waals surface area contributed by atoms with Crippen LogP contribution in [0, 0.1) is 11.8 Å². The Hall–Kier alpha value is -5.45. The molecular weight excluding hydrogens is 857 g/mol. The van der Waals surface area contributed by atoms with Gasteiger partial charge in [0.15, 0.2) is 35.2 Å². The highest BCUT2D eigenvalue weighted by atomic mass is 32.2. The van der Waals surface area contributed by atoms with Gasteiger partial charge < -0.3 is 49.6 Å². The Labute approximate surface area is 372 Å². The molecule has 0 saturated carbocycles. The van der Waals surface area contributed by atoms with Gasteiger partial charge in [-0.2, -0.15) is 5.10 Å². The van der Waals surface area contributed by atoms with Crippen LogP contribution in [0.4, 0.5) is 5.82 Å². The summed E-state index contributed by atoms with van der Waals surface area (Å²) >= 11 is 0. The van der Waals surface area contributed by atoms with Crippen molar-refractivity contribution in [1.29, 1.82) is 0 Å². The number of carbonyl (C=O) groups excluding carboxylic acids is 3. The highest BCUT2D eigenvalue weighted by Gasteiger charge is 2.47. The number of benzene rings is 1. The molecule has 3 heterocycles. The van der Waals surface area contributed by atoms with Gasteiger partial charge in [-0.05, 0) is 42.0 Å². The number of hydrazone groups is 1. The lowest BCUT2D eigenvalue weighted by atomic mass is 10.1. The maximum atomic E-state index is 12.4. The average molecular weight is 914 g/mol. The second-order valence-corrected chi connectivity index (χ2v) is 16.2. The molecule has 348 valence electrons. The Morgan fingerprint density at radius 2 is 1.80 bits per heavy atom. The molecule has 2 aromatic heterocycles. The molecular formula is C40H57N12O11S+. The van der Waals surface area contributed by atoms with Crippen LogP contribution in [0.1, 0.15) is 54.3 Å². The molecule has 1 saturated heterocycles. The summed E-state index contributed by atoms with van der Waals surface area (Å²) in [5, 5.41) is 44.4. The third kappa shape index (κ3) is 18.0. The number of amides is 2. The Morgan fingerprint density at radius 1 is 1.03 bits per heavy atom. The highest BCUT2D eigenvalue weighted by Crippen LogP contribution is 2.33. The van der Waals surface area contributed by atoms with E-state index in [4.69, 9.17) is 34.9 Å². The van der Waals surface area contributed by atoms with Gasteiger partial charge in [-0.1, -0.05) is 23.2 Å². The van der Waals surface area contributed by atoms with Crippen LogP contribution in [0.25, 0.3) is 21.6 Å². The number of hydrogen-bond acceptors (Lipinski definition) is 18. The summed E-state index contributed by atoms with van der Waals surface area (Å²) in [5.74, 6) is 7.61. The molecule has 0 bridgehead atoms. The number of carbonyl (C=O) groups is 3. The van der Waals surface area contributed by atoms with Gasteiger partial charge in [0.25, 0.3) is 12.4 Å². The molecule has 2 unspecified atom stereocenters. The largest absolute Gasteiger partial charge is 0.449 e. The first-order valence-electron chi connectivity index (χ1n) is 20.7. The van der Waals surface area contributed by atoms with Crippen LogP contribution in [0.2, 0.25) is 0 Å². The number of hydrogen-bond donors (Lipinski definition) is 7. The maximum absolute atomic E-state index is 12.4. The van der Waals surface area contributed by atoms with Crippen LogP contribution in [0.3, 0.4) is 0 Å². The fourth-order valence-electron chi connectivity index (χ4n) is 6.03. The number of aliphatic hydroxyl groups is 3. The van der Waals surface area contributed by atoms with Crippen LogP contribution in [0.5, 0.6) is 0 Å². The Bertz CT molecular complexity index is 2010. The summed E-state index contributed by atoms with van der Waals surface area (Å²) in [4.78, 5) is 51.1. The molecule has 1 fully saturated rings. The van der Waals surface area contributed by atoms with Gasteiger partial charge in [0.2, 0.25) is 5.91 Å². The first-order valence-corrected chi connectivity index (χ1v) is 22.4. The van der Waals surface area contributed by atoms with Crippen molar-refractivity contribution in [2.45, 2.75) is 62.9 Å². The van der Waals surface area contributed by atoms with Crippen LogP contribution >= 0.6 is 0 Å². The lowest BCUT2D eigenvalue weighted by Crippen LogP contribution is -2.37. The first kappa shape index (κ1) is 51.2. The van der Waals surface area contributed by atoms with Gasteiger partial charge in [0.05, 0.1) is 58.8 Å².